The van der Waals surface area contributed by atoms with Crippen LogP contribution in [0.5, 0.6) is 5.75 Å². The number of carbonyl (C=O) groups is 1. The Morgan fingerprint density at radius 3 is 3.04 bits per heavy atom. The fourth-order valence-corrected chi connectivity index (χ4v) is 3.88. The zero-order chi connectivity index (χ0) is 17.6. The van der Waals surface area contributed by atoms with E-state index in [1.54, 1.807) is 31.4 Å². The fraction of sp³-hybridized carbons (Fsp3) is 0.579. The molecule has 134 valence electrons. The molecule has 1 aromatic carbocycles. The molecule has 0 unspecified atom stereocenters. The summed E-state index contributed by atoms with van der Waals surface area (Å²) >= 11 is 0. The SMILES string of the molecule is CO[C@@H]1CCC[C@H]1[C@H]1COCCN1C(=O)COc1ccccc1C#N. The van der Waals surface area contributed by atoms with Gasteiger partial charge in [0.2, 0.25) is 0 Å². The van der Waals surface area contributed by atoms with E-state index in [4.69, 9.17) is 19.5 Å². The minimum absolute atomic E-state index is 0.0310. The number of nitrogens with zero attached hydrogens (tertiary/aromatic N) is 2. The maximum Gasteiger partial charge on any atom is 0.260 e. The largest absolute Gasteiger partial charge is 0.482 e. The lowest BCUT2D eigenvalue weighted by atomic mass is 9.94. The average molecular weight is 344 g/mol. The number of morpholine rings is 1. The highest BCUT2D eigenvalue weighted by Gasteiger charge is 2.40. The first-order chi connectivity index (χ1) is 12.2. The van der Waals surface area contributed by atoms with Gasteiger partial charge >= 0.3 is 0 Å². The van der Waals surface area contributed by atoms with Crippen LogP contribution < -0.4 is 4.74 Å². The Balaban J connectivity index is 1.66. The Labute approximate surface area is 148 Å². The highest BCUT2D eigenvalue weighted by molar-refractivity contribution is 5.78. The van der Waals surface area contributed by atoms with E-state index in [0.29, 0.717) is 37.0 Å². The van der Waals surface area contributed by atoms with Crippen molar-refractivity contribution in [1.82, 2.24) is 4.90 Å². The van der Waals surface area contributed by atoms with E-state index < -0.39 is 0 Å². The molecular formula is C19H24N2O4. The number of hydrogen-bond acceptors (Lipinski definition) is 5. The number of rotatable bonds is 5. The van der Waals surface area contributed by atoms with Crippen molar-refractivity contribution >= 4 is 5.91 Å². The lowest BCUT2D eigenvalue weighted by molar-refractivity contribution is -0.146. The summed E-state index contributed by atoms with van der Waals surface area (Å²) in [4.78, 5) is 14.6. The van der Waals surface area contributed by atoms with Crippen LogP contribution in [0.3, 0.4) is 0 Å². The van der Waals surface area contributed by atoms with Gasteiger partial charge < -0.3 is 19.1 Å². The molecule has 2 fully saturated rings. The summed E-state index contributed by atoms with van der Waals surface area (Å²) in [5.41, 5.74) is 0.434. The Kier molecular flexibility index (Phi) is 5.90. The van der Waals surface area contributed by atoms with Crippen LogP contribution in [0.4, 0.5) is 0 Å². The van der Waals surface area contributed by atoms with Gasteiger partial charge in [-0.25, -0.2) is 0 Å². The Bertz CT molecular complexity index is 643. The molecular weight excluding hydrogens is 320 g/mol. The van der Waals surface area contributed by atoms with E-state index in [9.17, 15) is 4.79 Å². The third-order valence-electron chi connectivity index (χ3n) is 5.15. The number of methoxy groups -OCH3 is 1. The molecule has 1 aromatic rings. The second-order valence-corrected chi connectivity index (χ2v) is 6.49. The molecule has 1 saturated carbocycles. The van der Waals surface area contributed by atoms with E-state index in [1.807, 2.05) is 4.90 Å². The van der Waals surface area contributed by atoms with Gasteiger partial charge in [0.1, 0.15) is 11.8 Å². The van der Waals surface area contributed by atoms with E-state index in [2.05, 4.69) is 6.07 Å². The average Bonchev–Trinajstić information content (AvgIpc) is 3.15. The number of carbonyl (C=O) groups excluding carboxylic acids is 1. The zero-order valence-electron chi connectivity index (χ0n) is 14.5. The van der Waals surface area contributed by atoms with Crippen LogP contribution in [-0.4, -0.2) is 56.4 Å². The van der Waals surface area contributed by atoms with E-state index in [0.717, 1.165) is 19.3 Å². The van der Waals surface area contributed by atoms with E-state index in [-0.39, 0.29) is 24.7 Å². The molecule has 0 spiro atoms. The summed E-state index contributed by atoms with van der Waals surface area (Å²) < 4.78 is 16.9. The summed E-state index contributed by atoms with van der Waals surface area (Å²) in [7, 11) is 1.74. The molecule has 2 aliphatic rings. The molecule has 3 rings (SSSR count). The molecule has 1 amide bonds. The molecule has 0 radical (unpaired) electrons. The van der Waals surface area contributed by atoms with Gasteiger partial charge in [-0.3, -0.25) is 4.79 Å². The van der Waals surface area contributed by atoms with Crippen molar-refractivity contribution in [3.05, 3.63) is 29.8 Å². The van der Waals surface area contributed by atoms with Crippen molar-refractivity contribution < 1.29 is 19.0 Å². The topological polar surface area (TPSA) is 71.8 Å². The number of benzene rings is 1. The van der Waals surface area contributed by atoms with Gasteiger partial charge in [0.15, 0.2) is 6.61 Å². The van der Waals surface area contributed by atoms with Gasteiger partial charge in [0.25, 0.3) is 5.91 Å². The molecule has 6 nitrogen and oxygen atoms in total. The molecule has 0 bridgehead atoms. The van der Waals surface area contributed by atoms with Crippen LogP contribution >= 0.6 is 0 Å². The van der Waals surface area contributed by atoms with Crippen LogP contribution in [0, 0.1) is 17.2 Å². The molecule has 1 heterocycles. The maximum atomic E-state index is 12.8. The van der Waals surface area contributed by atoms with Crippen molar-refractivity contribution in [1.29, 1.82) is 5.26 Å². The fourth-order valence-electron chi connectivity index (χ4n) is 3.88. The van der Waals surface area contributed by atoms with E-state index >= 15 is 0 Å². The van der Waals surface area contributed by atoms with Crippen LogP contribution in [0.15, 0.2) is 24.3 Å². The van der Waals surface area contributed by atoms with Gasteiger partial charge in [-0.05, 0) is 25.0 Å². The summed E-state index contributed by atoms with van der Waals surface area (Å²) in [5.74, 6) is 0.683. The number of para-hydroxylation sites is 1. The third-order valence-corrected chi connectivity index (χ3v) is 5.15. The predicted molar refractivity (Wildman–Crippen MR) is 91.1 cm³/mol. The summed E-state index contributed by atoms with van der Waals surface area (Å²) in [6, 6.07) is 9.06. The molecule has 3 atom stereocenters. The minimum Gasteiger partial charge on any atom is -0.482 e. The minimum atomic E-state index is -0.0699. The second kappa shape index (κ2) is 8.32. The van der Waals surface area contributed by atoms with Crippen LogP contribution in [0.2, 0.25) is 0 Å². The smallest absolute Gasteiger partial charge is 0.260 e. The maximum absolute atomic E-state index is 12.8. The normalized spacial score (nSPS) is 26.2. The van der Waals surface area contributed by atoms with Crippen LogP contribution in [0.25, 0.3) is 0 Å². The highest BCUT2D eigenvalue weighted by Crippen LogP contribution is 2.34. The molecule has 6 heteroatoms. The van der Waals surface area contributed by atoms with Crippen molar-refractivity contribution in [3.63, 3.8) is 0 Å². The van der Waals surface area contributed by atoms with E-state index in [1.165, 1.54) is 0 Å². The molecule has 1 saturated heterocycles. The number of nitriles is 1. The Hall–Kier alpha value is -2.10. The third kappa shape index (κ3) is 3.94. The monoisotopic (exact) mass is 344 g/mol. The van der Waals surface area contributed by atoms with Crippen molar-refractivity contribution in [2.75, 3.05) is 33.5 Å². The molecule has 0 aromatic heterocycles. The van der Waals surface area contributed by atoms with Gasteiger partial charge in [-0.1, -0.05) is 18.6 Å². The van der Waals surface area contributed by atoms with Crippen LogP contribution in [0.1, 0.15) is 24.8 Å². The van der Waals surface area contributed by atoms with Gasteiger partial charge in [0, 0.05) is 19.6 Å². The Morgan fingerprint density at radius 2 is 2.24 bits per heavy atom. The highest BCUT2D eigenvalue weighted by atomic mass is 16.5. The Morgan fingerprint density at radius 1 is 1.40 bits per heavy atom. The first-order valence-electron chi connectivity index (χ1n) is 8.76. The van der Waals surface area contributed by atoms with Gasteiger partial charge in [0.05, 0.1) is 30.9 Å². The summed E-state index contributed by atoms with van der Waals surface area (Å²) in [5, 5.41) is 9.12. The molecule has 25 heavy (non-hydrogen) atoms. The van der Waals surface area contributed by atoms with Crippen molar-refractivity contribution in [2.45, 2.75) is 31.4 Å². The van der Waals surface area contributed by atoms with Gasteiger partial charge in [-0.15, -0.1) is 0 Å². The zero-order valence-corrected chi connectivity index (χ0v) is 14.5. The standard InChI is InChI=1S/C19H24N2O4/c1-23-18-8-4-6-15(18)16-12-24-10-9-21(16)19(22)13-25-17-7-3-2-5-14(17)11-20/h2-3,5,7,15-16,18H,4,6,8-10,12-13H2,1H3/t15-,16+,18+/m0/s1. The second-order valence-electron chi connectivity index (χ2n) is 6.49. The lowest BCUT2D eigenvalue weighted by Gasteiger charge is -2.40. The first kappa shape index (κ1) is 17.7. The number of ether oxygens (including phenoxy) is 3. The molecule has 1 aliphatic carbocycles. The molecule has 0 N–H and O–H groups in total. The molecule has 1 aliphatic heterocycles. The predicted octanol–water partition coefficient (Wildman–Crippen LogP) is 1.98. The summed E-state index contributed by atoms with van der Waals surface area (Å²) in [6.45, 7) is 1.59. The van der Waals surface area contributed by atoms with Crippen molar-refractivity contribution in [3.8, 4) is 11.8 Å². The summed E-state index contributed by atoms with van der Waals surface area (Å²) in [6.07, 6.45) is 3.38. The van der Waals surface area contributed by atoms with Gasteiger partial charge in [-0.2, -0.15) is 5.26 Å². The number of amides is 1. The first-order valence-corrected chi connectivity index (χ1v) is 8.76. The lowest BCUT2D eigenvalue weighted by Crippen LogP contribution is -2.54. The number of hydrogen-bond donors (Lipinski definition) is 0. The quantitative estimate of drug-likeness (QED) is 0.817. The van der Waals surface area contributed by atoms with Crippen molar-refractivity contribution in [2.24, 2.45) is 5.92 Å². The van der Waals surface area contributed by atoms with Crippen LogP contribution in [-0.2, 0) is 14.3 Å².